The van der Waals surface area contributed by atoms with Gasteiger partial charge in [0.2, 0.25) is 0 Å². The fourth-order valence-electron chi connectivity index (χ4n) is 2.01. The zero-order valence-corrected chi connectivity index (χ0v) is 9.24. The molecule has 90 valence electrons. The van der Waals surface area contributed by atoms with Crippen LogP contribution in [0.15, 0.2) is 36.7 Å². The quantitative estimate of drug-likeness (QED) is 0.692. The second kappa shape index (κ2) is 3.80. The van der Waals surface area contributed by atoms with Gasteiger partial charge in [0.25, 0.3) is 0 Å². The molecule has 0 aliphatic rings. The van der Waals surface area contributed by atoms with Gasteiger partial charge < -0.3 is 10.7 Å². The lowest BCUT2D eigenvalue weighted by Gasteiger charge is -2.06. The van der Waals surface area contributed by atoms with Crippen LogP contribution in [0.2, 0.25) is 0 Å². The molecule has 0 unspecified atom stereocenters. The van der Waals surface area contributed by atoms with Gasteiger partial charge in [0.1, 0.15) is 17.3 Å². The minimum absolute atomic E-state index is 0.175. The van der Waals surface area contributed by atoms with Crippen LogP contribution in [-0.4, -0.2) is 9.97 Å². The minimum Gasteiger partial charge on any atom is -0.397 e. The Morgan fingerprint density at radius 2 is 1.94 bits per heavy atom. The van der Waals surface area contributed by atoms with Crippen molar-refractivity contribution in [1.82, 2.24) is 9.97 Å². The van der Waals surface area contributed by atoms with Crippen molar-refractivity contribution in [2.24, 2.45) is 0 Å². The van der Waals surface area contributed by atoms with Crippen molar-refractivity contribution in [3.63, 3.8) is 0 Å². The largest absolute Gasteiger partial charge is 0.397 e. The van der Waals surface area contributed by atoms with Crippen LogP contribution in [0.3, 0.4) is 0 Å². The fourth-order valence-corrected chi connectivity index (χ4v) is 2.01. The number of rotatable bonds is 1. The topological polar surface area (TPSA) is 54.7 Å². The number of nitrogens with one attached hydrogen (secondary N) is 1. The number of halogens is 2. The molecule has 0 radical (unpaired) electrons. The lowest BCUT2D eigenvalue weighted by Crippen LogP contribution is -1.90. The maximum absolute atomic E-state index is 13.8. The molecule has 0 atom stereocenters. The number of nitrogen functional groups attached to an aromatic ring is 1. The number of nitrogens with zero attached hydrogens (tertiary/aromatic N) is 1. The summed E-state index contributed by atoms with van der Waals surface area (Å²) in [5.74, 6) is -0.991. The van der Waals surface area contributed by atoms with E-state index in [1.54, 1.807) is 12.3 Å². The molecule has 0 saturated carbocycles. The molecule has 1 aromatic carbocycles. The van der Waals surface area contributed by atoms with Gasteiger partial charge in [0, 0.05) is 23.3 Å². The van der Waals surface area contributed by atoms with E-state index < -0.39 is 11.6 Å². The third kappa shape index (κ3) is 1.52. The Labute approximate surface area is 101 Å². The molecule has 0 aliphatic carbocycles. The van der Waals surface area contributed by atoms with Gasteiger partial charge in [0.15, 0.2) is 0 Å². The van der Waals surface area contributed by atoms with Crippen molar-refractivity contribution in [1.29, 1.82) is 0 Å². The summed E-state index contributed by atoms with van der Waals surface area (Å²) in [6, 6.07) is 4.94. The van der Waals surface area contributed by atoms with Crippen molar-refractivity contribution in [2.45, 2.75) is 0 Å². The third-order valence-corrected chi connectivity index (χ3v) is 2.82. The van der Waals surface area contributed by atoms with Crippen LogP contribution in [0.4, 0.5) is 14.5 Å². The maximum Gasteiger partial charge on any atom is 0.139 e. The van der Waals surface area contributed by atoms with Crippen LogP contribution in [-0.2, 0) is 0 Å². The Hall–Kier alpha value is -2.43. The van der Waals surface area contributed by atoms with Crippen molar-refractivity contribution < 1.29 is 8.78 Å². The fraction of sp³-hybridized carbons (Fsp3) is 0. The van der Waals surface area contributed by atoms with E-state index in [-0.39, 0.29) is 5.56 Å². The molecule has 0 amide bonds. The van der Waals surface area contributed by atoms with E-state index in [4.69, 9.17) is 5.73 Å². The molecule has 0 saturated heterocycles. The van der Waals surface area contributed by atoms with Crippen molar-refractivity contribution in [2.75, 3.05) is 5.73 Å². The molecular formula is C13H9F2N3. The first kappa shape index (κ1) is 10.7. The highest BCUT2D eigenvalue weighted by atomic mass is 19.1. The first-order chi connectivity index (χ1) is 8.66. The maximum atomic E-state index is 13.8. The number of anilines is 1. The number of aromatic nitrogens is 2. The smallest absolute Gasteiger partial charge is 0.139 e. The SMILES string of the molecule is Nc1c[nH]c2nccc(-c3cc(F)ccc3F)c12. The normalized spacial score (nSPS) is 11.0. The van der Waals surface area contributed by atoms with Crippen LogP contribution in [0.25, 0.3) is 22.2 Å². The van der Waals surface area contributed by atoms with Crippen molar-refractivity contribution in [3.05, 3.63) is 48.3 Å². The van der Waals surface area contributed by atoms with E-state index in [1.807, 2.05) is 0 Å². The minimum atomic E-state index is -0.496. The molecule has 0 spiro atoms. The summed E-state index contributed by atoms with van der Waals surface area (Å²) in [5.41, 5.74) is 7.52. The Kier molecular flexibility index (Phi) is 2.26. The summed E-state index contributed by atoms with van der Waals surface area (Å²) in [6.45, 7) is 0. The highest BCUT2D eigenvalue weighted by Crippen LogP contribution is 2.32. The number of fused-ring (bicyclic) bond motifs is 1. The van der Waals surface area contributed by atoms with Crippen molar-refractivity contribution in [3.8, 4) is 11.1 Å². The number of pyridine rings is 1. The molecule has 18 heavy (non-hydrogen) atoms. The molecule has 2 heterocycles. The summed E-state index contributed by atoms with van der Waals surface area (Å²) >= 11 is 0. The zero-order chi connectivity index (χ0) is 12.7. The average molecular weight is 245 g/mol. The van der Waals surface area contributed by atoms with E-state index >= 15 is 0 Å². The molecule has 0 bridgehead atoms. The first-order valence-electron chi connectivity index (χ1n) is 5.34. The van der Waals surface area contributed by atoms with Crippen LogP contribution < -0.4 is 5.73 Å². The van der Waals surface area contributed by atoms with Gasteiger partial charge in [-0.05, 0) is 29.8 Å². The molecule has 0 aliphatic heterocycles. The van der Waals surface area contributed by atoms with Gasteiger partial charge in [-0.2, -0.15) is 0 Å². The number of hydrogen-bond acceptors (Lipinski definition) is 2. The Morgan fingerprint density at radius 3 is 2.78 bits per heavy atom. The number of aromatic amines is 1. The second-order valence-electron chi connectivity index (χ2n) is 3.95. The summed E-state index contributed by atoms with van der Waals surface area (Å²) in [5, 5.41) is 0.599. The summed E-state index contributed by atoms with van der Waals surface area (Å²) in [6.07, 6.45) is 3.11. The van der Waals surface area contributed by atoms with Crippen LogP contribution in [0.5, 0.6) is 0 Å². The lowest BCUT2D eigenvalue weighted by atomic mass is 10.0. The van der Waals surface area contributed by atoms with Crippen LogP contribution in [0, 0.1) is 11.6 Å². The number of nitrogens with two attached hydrogens (primary N) is 1. The first-order valence-corrected chi connectivity index (χ1v) is 5.34. The van der Waals surface area contributed by atoms with E-state index in [2.05, 4.69) is 9.97 Å². The summed E-state index contributed by atoms with van der Waals surface area (Å²) < 4.78 is 27.0. The van der Waals surface area contributed by atoms with E-state index in [0.29, 0.717) is 22.3 Å². The molecule has 5 heteroatoms. The van der Waals surface area contributed by atoms with E-state index in [1.165, 1.54) is 6.20 Å². The Morgan fingerprint density at radius 1 is 1.11 bits per heavy atom. The lowest BCUT2D eigenvalue weighted by molar-refractivity contribution is 0.603. The van der Waals surface area contributed by atoms with E-state index in [9.17, 15) is 8.78 Å². The molecule has 0 fully saturated rings. The van der Waals surface area contributed by atoms with Crippen LogP contribution >= 0.6 is 0 Å². The van der Waals surface area contributed by atoms with Gasteiger partial charge >= 0.3 is 0 Å². The number of H-pyrrole nitrogens is 1. The third-order valence-electron chi connectivity index (χ3n) is 2.82. The van der Waals surface area contributed by atoms with Gasteiger partial charge in [-0.15, -0.1) is 0 Å². The molecule has 3 N–H and O–H groups in total. The Bertz CT molecular complexity index is 734. The molecule has 3 aromatic rings. The standard InChI is InChI=1S/C13H9F2N3/c14-7-1-2-10(15)9(5-7)8-3-4-17-13-12(8)11(16)6-18-13/h1-6H,16H2,(H,17,18). The van der Waals surface area contributed by atoms with Gasteiger partial charge in [-0.3, -0.25) is 0 Å². The predicted molar refractivity (Wildman–Crippen MR) is 65.9 cm³/mol. The Balaban J connectivity index is 2.38. The number of benzene rings is 1. The van der Waals surface area contributed by atoms with Crippen LogP contribution in [0.1, 0.15) is 0 Å². The van der Waals surface area contributed by atoms with E-state index in [0.717, 1.165) is 18.2 Å². The number of hydrogen-bond donors (Lipinski definition) is 2. The molecule has 3 nitrogen and oxygen atoms in total. The van der Waals surface area contributed by atoms with Gasteiger partial charge in [-0.1, -0.05) is 0 Å². The molecular weight excluding hydrogens is 236 g/mol. The van der Waals surface area contributed by atoms with Gasteiger partial charge in [-0.25, -0.2) is 13.8 Å². The second-order valence-corrected chi connectivity index (χ2v) is 3.95. The predicted octanol–water partition coefficient (Wildman–Crippen LogP) is 3.09. The highest BCUT2D eigenvalue weighted by molar-refractivity contribution is 6.01. The summed E-state index contributed by atoms with van der Waals surface area (Å²) in [4.78, 5) is 6.97. The summed E-state index contributed by atoms with van der Waals surface area (Å²) in [7, 11) is 0. The van der Waals surface area contributed by atoms with Gasteiger partial charge in [0.05, 0.1) is 5.69 Å². The average Bonchev–Trinajstić information content (AvgIpc) is 2.75. The monoisotopic (exact) mass is 245 g/mol. The highest BCUT2D eigenvalue weighted by Gasteiger charge is 2.13. The molecule has 2 aromatic heterocycles. The molecule has 3 rings (SSSR count). The van der Waals surface area contributed by atoms with Crippen molar-refractivity contribution >= 4 is 16.7 Å². The zero-order valence-electron chi connectivity index (χ0n) is 9.24.